The predicted octanol–water partition coefficient (Wildman–Crippen LogP) is 2.80. The average Bonchev–Trinajstić information content (AvgIpc) is 2.93. The Hall–Kier alpha value is -2.17. The molecule has 1 saturated heterocycles. The molecule has 1 aromatic rings. The third-order valence-corrected chi connectivity index (χ3v) is 4.81. The molecule has 0 unspecified atom stereocenters. The number of fused-ring (bicyclic) bond motifs is 1. The van der Waals surface area contributed by atoms with E-state index < -0.39 is 0 Å². The van der Waals surface area contributed by atoms with Gasteiger partial charge in [-0.25, -0.2) is 0 Å². The highest BCUT2D eigenvalue weighted by Gasteiger charge is 2.21. The van der Waals surface area contributed by atoms with Gasteiger partial charge >= 0.3 is 0 Å². The van der Waals surface area contributed by atoms with E-state index in [4.69, 9.17) is 9.47 Å². The summed E-state index contributed by atoms with van der Waals surface area (Å²) < 4.78 is 10.8. The van der Waals surface area contributed by atoms with Crippen molar-refractivity contribution in [2.24, 2.45) is 0 Å². The van der Waals surface area contributed by atoms with Crippen LogP contribution in [0.25, 0.3) is 0 Å². The maximum Gasteiger partial charge on any atom is 0.248 e. The van der Waals surface area contributed by atoms with Gasteiger partial charge in [0.1, 0.15) is 0 Å². The van der Waals surface area contributed by atoms with Crippen LogP contribution in [-0.4, -0.2) is 48.2 Å². The summed E-state index contributed by atoms with van der Waals surface area (Å²) in [6, 6.07) is 6.13. The number of amides is 1. The number of carbonyl (C=O) groups excluding carboxylic acids is 1. The van der Waals surface area contributed by atoms with Gasteiger partial charge in [-0.3, -0.25) is 4.79 Å². The first-order valence-electron chi connectivity index (χ1n) is 8.71. The third-order valence-electron chi connectivity index (χ3n) is 4.81. The van der Waals surface area contributed by atoms with Gasteiger partial charge in [-0.2, -0.15) is 0 Å². The standard InChI is InChI=1S/C19H26N2O3/c1-4-21(19(22)11-14(2)20-8-5-9-20)15(3)10-16-6-7-17-18(12-16)24-13-23-17/h6-7,11-12,15H,4-5,8-10,13H2,1-3H3/b14-11+/t15-/m0/s1. The molecule has 0 saturated carbocycles. The molecule has 130 valence electrons. The highest BCUT2D eigenvalue weighted by atomic mass is 16.7. The molecule has 2 aliphatic heterocycles. The Morgan fingerprint density at radius 3 is 2.75 bits per heavy atom. The first-order chi connectivity index (χ1) is 11.6. The molecule has 1 aromatic carbocycles. The molecule has 1 fully saturated rings. The van der Waals surface area contributed by atoms with Gasteiger partial charge in [0.05, 0.1) is 0 Å². The number of hydrogen-bond acceptors (Lipinski definition) is 4. The fourth-order valence-corrected chi connectivity index (χ4v) is 3.23. The lowest BCUT2D eigenvalue weighted by molar-refractivity contribution is -0.127. The van der Waals surface area contributed by atoms with E-state index in [2.05, 4.69) is 11.8 Å². The van der Waals surface area contributed by atoms with Gasteiger partial charge in [-0.1, -0.05) is 6.07 Å². The second-order valence-corrected chi connectivity index (χ2v) is 6.49. The van der Waals surface area contributed by atoms with Crippen molar-refractivity contribution in [2.45, 2.75) is 39.7 Å². The van der Waals surface area contributed by atoms with Crippen LogP contribution in [0, 0.1) is 0 Å². The number of likely N-dealkylation sites (N-methyl/N-ethyl adjacent to an activating group) is 1. The van der Waals surface area contributed by atoms with Crippen molar-refractivity contribution >= 4 is 5.91 Å². The number of allylic oxidation sites excluding steroid dienone is 1. The summed E-state index contributed by atoms with van der Waals surface area (Å²) in [4.78, 5) is 16.8. The summed E-state index contributed by atoms with van der Waals surface area (Å²) in [6.07, 6.45) is 3.79. The van der Waals surface area contributed by atoms with Crippen molar-refractivity contribution in [2.75, 3.05) is 26.4 Å². The number of hydrogen-bond donors (Lipinski definition) is 0. The maximum absolute atomic E-state index is 12.6. The van der Waals surface area contributed by atoms with Crippen LogP contribution in [0.4, 0.5) is 0 Å². The van der Waals surface area contributed by atoms with Crippen LogP contribution in [0.2, 0.25) is 0 Å². The predicted molar refractivity (Wildman–Crippen MR) is 93.1 cm³/mol. The second kappa shape index (κ2) is 7.16. The molecule has 3 rings (SSSR count). The highest BCUT2D eigenvalue weighted by Crippen LogP contribution is 2.33. The molecule has 5 heteroatoms. The van der Waals surface area contributed by atoms with Crippen LogP contribution in [0.15, 0.2) is 30.0 Å². The lowest BCUT2D eigenvalue weighted by atomic mass is 10.0. The van der Waals surface area contributed by atoms with Gasteiger partial charge in [0.2, 0.25) is 12.7 Å². The Balaban J connectivity index is 1.65. The highest BCUT2D eigenvalue weighted by molar-refractivity contribution is 5.88. The van der Waals surface area contributed by atoms with E-state index in [1.165, 1.54) is 6.42 Å². The van der Waals surface area contributed by atoms with Gasteiger partial charge < -0.3 is 19.3 Å². The number of ether oxygens (including phenoxy) is 2. The fraction of sp³-hybridized carbons (Fsp3) is 0.526. The Morgan fingerprint density at radius 2 is 2.08 bits per heavy atom. The lowest BCUT2D eigenvalue weighted by Gasteiger charge is -2.34. The molecule has 5 nitrogen and oxygen atoms in total. The van der Waals surface area contributed by atoms with Crippen LogP contribution < -0.4 is 9.47 Å². The van der Waals surface area contributed by atoms with Crippen LogP contribution in [0.1, 0.15) is 32.8 Å². The average molecular weight is 330 g/mol. The SMILES string of the molecule is CCN(C(=O)/C=C(\C)N1CCC1)[C@@H](C)Cc1ccc2c(c1)OCO2. The summed E-state index contributed by atoms with van der Waals surface area (Å²) in [5.74, 6) is 1.68. The van der Waals surface area contributed by atoms with E-state index in [1.807, 2.05) is 36.9 Å². The zero-order valence-corrected chi connectivity index (χ0v) is 14.7. The molecule has 0 N–H and O–H groups in total. The molecule has 0 spiro atoms. The van der Waals surface area contributed by atoms with Gasteiger partial charge in [0.25, 0.3) is 0 Å². The molecule has 1 atom stereocenters. The first-order valence-corrected chi connectivity index (χ1v) is 8.71. The topological polar surface area (TPSA) is 42.0 Å². The minimum Gasteiger partial charge on any atom is -0.454 e. The zero-order valence-electron chi connectivity index (χ0n) is 14.7. The van der Waals surface area contributed by atoms with E-state index in [-0.39, 0.29) is 18.7 Å². The number of carbonyl (C=O) groups is 1. The van der Waals surface area contributed by atoms with E-state index in [0.29, 0.717) is 6.54 Å². The third kappa shape index (κ3) is 3.50. The number of rotatable bonds is 6. The molecule has 24 heavy (non-hydrogen) atoms. The number of nitrogens with zero attached hydrogens (tertiary/aromatic N) is 2. The van der Waals surface area contributed by atoms with Gasteiger partial charge in [0, 0.05) is 37.4 Å². The molecular formula is C19H26N2O3. The normalized spacial score (nSPS) is 17.5. The Kier molecular flexibility index (Phi) is 4.97. The van der Waals surface area contributed by atoms with Crippen molar-refractivity contribution in [1.29, 1.82) is 0 Å². The Labute approximate surface area is 143 Å². The van der Waals surface area contributed by atoms with Gasteiger partial charge in [-0.15, -0.1) is 0 Å². The van der Waals surface area contributed by atoms with E-state index in [9.17, 15) is 4.79 Å². The Morgan fingerprint density at radius 1 is 1.33 bits per heavy atom. The van der Waals surface area contributed by atoms with Crippen LogP contribution in [-0.2, 0) is 11.2 Å². The summed E-state index contributed by atoms with van der Waals surface area (Å²) in [5.41, 5.74) is 2.22. The molecule has 0 bridgehead atoms. The quantitative estimate of drug-likeness (QED) is 0.752. The molecular weight excluding hydrogens is 304 g/mol. The maximum atomic E-state index is 12.6. The van der Waals surface area contributed by atoms with Crippen molar-refractivity contribution in [3.63, 3.8) is 0 Å². The molecule has 1 amide bonds. The lowest BCUT2D eigenvalue weighted by Crippen LogP contribution is -2.40. The van der Waals surface area contributed by atoms with Crippen LogP contribution in [0.3, 0.4) is 0 Å². The van der Waals surface area contributed by atoms with Crippen molar-refractivity contribution < 1.29 is 14.3 Å². The van der Waals surface area contributed by atoms with Crippen molar-refractivity contribution in [3.05, 3.63) is 35.5 Å². The van der Waals surface area contributed by atoms with E-state index in [0.717, 1.165) is 42.3 Å². The molecule has 0 aromatic heterocycles. The minimum absolute atomic E-state index is 0.0927. The van der Waals surface area contributed by atoms with Crippen molar-refractivity contribution in [3.8, 4) is 11.5 Å². The van der Waals surface area contributed by atoms with Crippen molar-refractivity contribution in [1.82, 2.24) is 9.80 Å². The fourth-order valence-electron chi connectivity index (χ4n) is 3.23. The van der Waals surface area contributed by atoms with E-state index in [1.54, 1.807) is 6.08 Å². The van der Waals surface area contributed by atoms with Crippen LogP contribution in [0.5, 0.6) is 11.5 Å². The molecule has 0 aliphatic carbocycles. The first kappa shape index (κ1) is 16.7. The second-order valence-electron chi connectivity index (χ2n) is 6.49. The van der Waals surface area contributed by atoms with E-state index >= 15 is 0 Å². The Bertz CT molecular complexity index is 637. The number of benzene rings is 1. The summed E-state index contributed by atoms with van der Waals surface area (Å²) in [7, 11) is 0. The summed E-state index contributed by atoms with van der Waals surface area (Å²) in [5, 5.41) is 0. The molecule has 2 heterocycles. The zero-order chi connectivity index (χ0) is 17.1. The number of likely N-dealkylation sites (tertiary alicyclic amines) is 1. The van der Waals surface area contributed by atoms with Gasteiger partial charge in [-0.05, 0) is 51.3 Å². The molecule has 0 radical (unpaired) electrons. The molecule has 2 aliphatic rings. The smallest absolute Gasteiger partial charge is 0.248 e. The minimum atomic E-state index is 0.0927. The van der Waals surface area contributed by atoms with Crippen LogP contribution >= 0.6 is 0 Å². The largest absolute Gasteiger partial charge is 0.454 e. The monoisotopic (exact) mass is 330 g/mol. The summed E-state index contributed by atoms with van der Waals surface area (Å²) in [6.45, 7) is 9.26. The van der Waals surface area contributed by atoms with Gasteiger partial charge in [0.15, 0.2) is 11.5 Å². The summed E-state index contributed by atoms with van der Waals surface area (Å²) >= 11 is 0.